The Morgan fingerprint density at radius 1 is 1.09 bits per heavy atom. The first-order valence-electron chi connectivity index (χ1n) is 11.4. The molecule has 33 heavy (non-hydrogen) atoms. The molecule has 0 radical (unpaired) electrons. The molecule has 166 valence electrons. The number of pyridine rings is 1. The van der Waals surface area contributed by atoms with Crippen LogP contribution in [-0.4, -0.2) is 33.0 Å². The molecular formula is C26H25N5O2. The van der Waals surface area contributed by atoms with E-state index in [4.69, 9.17) is 0 Å². The van der Waals surface area contributed by atoms with E-state index in [-0.39, 0.29) is 11.6 Å². The van der Waals surface area contributed by atoms with Gasteiger partial charge >= 0.3 is 5.69 Å². The maximum absolute atomic E-state index is 12.9. The van der Waals surface area contributed by atoms with Gasteiger partial charge in [0.25, 0.3) is 5.91 Å². The Morgan fingerprint density at radius 3 is 2.70 bits per heavy atom. The summed E-state index contributed by atoms with van der Waals surface area (Å²) in [6.45, 7) is 1.15. The zero-order valence-corrected chi connectivity index (χ0v) is 18.4. The average Bonchev–Trinajstić information content (AvgIpc) is 3.55. The van der Waals surface area contributed by atoms with Gasteiger partial charge in [0.15, 0.2) is 5.65 Å². The highest BCUT2D eigenvalue weighted by Gasteiger charge is 2.37. The van der Waals surface area contributed by atoms with Crippen LogP contribution in [0.1, 0.15) is 29.6 Å². The smallest absolute Gasteiger partial charge is 0.327 e. The van der Waals surface area contributed by atoms with Crippen LogP contribution in [0, 0.1) is 5.92 Å². The van der Waals surface area contributed by atoms with Crippen LogP contribution in [0.25, 0.3) is 22.3 Å². The van der Waals surface area contributed by atoms with E-state index in [9.17, 15) is 9.59 Å². The predicted molar refractivity (Wildman–Crippen MR) is 130 cm³/mol. The number of carbonyl (C=O) groups excluding carboxylic acids is 1. The molecule has 2 aliphatic rings. The lowest BCUT2D eigenvalue weighted by atomic mass is 10.0. The van der Waals surface area contributed by atoms with Crippen LogP contribution in [0.3, 0.4) is 0 Å². The number of aromatic nitrogens is 3. The summed E-state index contributed by atoms with van der Waals surface area (Å²) < 4.78 is 1.53. The predicted octanol–water partition coefficient (Wildman–Crippen LogP) is 4.17. The maximum atomic E-state index is 12.9. The Balaban J connectivity index is 1.20. The number of hydrogen-bond acceptors (Lipinski definition) is 4. The van der Waals surface area contributed by atoms with E-state index < -0.39 is 0 Å². The molecule has 1 saturated carbocycles. The fourth-order valence-electron chi connectivity index (χ4n) is 5.28. The standard InChI is InChI=1S/C26H25N5O2/c1-30-23-13-19(14-27-24(23)29-26(30)33)17-3-2-4-18(12-17)25(32)28-20-6-9-21(10-7-20)31-15-16-5-8-22(31)11-16/h2-4,6-7,9-10,12-14,16,22H,5,8,11,15H2,1H3,(H,28,32)(H,27,29,33). The number of H-pyrrole nitrogens is 1. The number of carbonyl (C=O) groups is 1. The van der Waals surface area contributed by atoms with Crippen molar-refractivity contribution in [3.63, 3.8) is 0 Å². The summed E-state index contributed by atoms with van der Waals surface area (Å²) in [6.07, 6.45) is 5.68. The molecule has 1 aliphatic carbocycles. The van der Waals surface area contributed by atoms with Crippen LogP contribution in [0.5, 0.6) is 0 Å². The zero-order chi connectivity index (χ0) is 22.5. The molecule has 1 amide bonds. The number of nitrogens with one attached hydrogen (secondary N) is 2. The minimum Gasteiger partial charge on any atom is -0.368 e. The number of hydrogen-bond donors (Lipinski definition) is 2. The second kappa shape index (κ2) is 7.62. The molecule has 6 rings (SSSR count). The third kappa shape index (κ3) is 3.50. The third-order valence-electron chi connectivity index (χ3n) is 7.08. The van der Waals surface area contributed by atoms with Gasteiger partial charge in [-0.1, -0.05) is 12.1 Å². The minimum atomic E-state index is -0.203. The van der Waals surface area contributed by atoms with E-state index >= 15 is 0 Å². The molecule has 2 fully saturated rings. The Hall–Kier alpha value is -3.87. The molecular weight excluding hydrogens is 414 g/mol. The Labute approximate surface area is 191 Å². The molecule has 2 N–H and O–H groups in total. The van der Waals surface area contributed by atoms with Crippen LogP contribution in [0.2, 0.25) is 0 Å². The number of rotatable bonds is 4. The second-order valence-corrected chi connectivity index (χ2v) is 9.15. The van der Waals surface area contributed by atoms with E-state index in [1.807, 2.05) is 36.4 Å². The highest BCUT2D eigenvalue weighted by Crippen LogP contribution is 2.40. The lowest BCUT2D eigenvalue weighted by Crippen LogP contribution is -2.31. The number of anilines is 2. The summed E-state index contributed by atoms with van der Waals surface area (Å²) in [4.78, 5) is 34.4. The molecule has 2 atom stereocenters. The largest absolute Gasteiger partial charge is 0.368 e. The summed E-state index contributed by atoms with van der Waals surface area (Å²) in [5.74, 6) is 0.688. The van der Waals surface area contributed by atoms with Crippen molar-refractivity contribution in [2.24, 2.45) is 13.0 Å². The van der Waals surface area contributed by atoms with E-state index in [2.05, 4.69) is 32.3 Å². The first-order chi connectivity index (χ1) is 16.0. The first-order valence-corrected chi connectivity index (χ1v) is 11.4. The van der Waals surface area contributed by atoms with Crippen molar-refractivity contribution in [3.05, 3.63) is 76.8 Å². The van der Waals surface area contributed by atoms with Crippen molar-refractivity contribution in [2.45, 2.75) is 25.3 Å². The van der Waals surface area contributed by atoms with E-state index in [0.29, 0.717) is 17.3 Å². The SMILES string of the molecule is Cn1c(=O)[nH]c2ncc(-c3cccc(C(=O)Nc4ccc(N5CC6CCC5C6)cc4)c3)cc21. The van der Waals surface area contributed by atoms with E-state index in [1.165, 1.54) is 29.5 Å². The number of fused-ring (bicyclic) bond motifs is 3. The number of nitrogens with zero attached hydrogens (tertiary/aromatic N) is 3. The summed E-state index contributed by atoms with van der Waals surface area (Å²) in [5, 5.41) is 3.01. The molecule has 7 heteroatoms. The topological polar surface area (TPSA) is 83.0 Å². The van der Waals surface area contributed by atoms with Gasteiger partial charge < -0.3 is 10.2 Å². The molecule has 4 aromatic rings. The van der Waals surface area contributed by atoms with Crippen LogP contribution in [0.15, 0.2) is 65.6 Å². The van der Waals surface area contributed by atoms with Crippen molar-refractivity contribution in [1.82, 2.24) is 14.5 Å². The molecule has 3 heterocycles. The molecule has 2 unspecified atom stereocenters. The van der Waals surface area contributed by atoms with Gasteiger partial charge in [0, 0.05) is 48.3 Å². The van der Waals surface area contributed by atoms with Gasteiger partial charge in [0.2, 0.25) is 0 Å². The van der Waals surface area contributed by atoms with Crippen molar-refractivity contribution in [1.29, 1.82) is 0 Å². The lowest BCUT2D eigenvalue weighted by Gasteiger charge is -2.29. The maximum Gasteiger partial charge on any atom is 0.327 e. The van der Waals surface area contributed by atoms with Gasteiger partial charge in [0.1, 0.15) is 0 Å². The second-order valence-electron chi connectivity index (χ2n) is 9.15. The number of imidazole rings is 1. The number of aromatic amines is 1. The number of benzene rings is 2. The normalized spacial score (nSPS) is 19.4. The van der Waals surface area contributed by atoms with E-state index in [1.54, 1.807) is 19.3 Å². The number of amides is 1. The highest BCUT2D eigenvalue weighted by atomic mass is 16.2. The van der Waals surface area contributed by atoms with Crippen molar-refractivity contribution in [2.75, 3.05) is 16.8 Å². The molecule has 2 aromatic heterocycles. The summed E-state index contributed by atoms with van der Waals surface area (Å²) in [7, 11) is 1.70. The first kappa shape index (κ1) is 19.8. The van der Waals surface area contributed by atoms with Crippen molar-refractivity contribution >= 4 is 28.4 Å². The third-order valence-corrected chi connectivity index (χ3v) is 7.08. The molecule has 2 bridgehead atoms. The summed E-state index contributed by atoms with van der Waals surface area (Å²) >= 11 is 0. The molecule has 7 nitrogen and oxygen atoms in total. The van der Waals surface area contributed by atoms with Gasteiger partial charge in [-0.25, -0.2) is 9.78 Å². The number of aryl methyl sites for hydroxylation is 1. The molecule has 2 aromatic carbocycles. The minimum absolute atomic E-state index is 0.159. The number of piperidine rings is 1. The van der Waals surface area contributed by atoms with Crippen LogP contribution < -0.4 is 15.9 Å². The van der Waals surface area contributed by atoms with Crippen molar-refractivity contribution in [3.8, 4) is 11.1 Å². The van der Waals surface area contributed by atoms with Crippen LogP contribution in [0.4, 0.5) is 11.4 Å². The Kier molecular flexibility index (Phi) is 4.57. The van der Waals surface area contributed by atoms with Crippen LogP contribution >= 0.6 is 0 Å². The fraction of sp³-hybridized carbons (Fsp3) is 0.269. The van der Waals surface area contributed by atoms with Gasteiger partial charge in [-0.15, -0.1) is 0 Å². The molecule has 1 aliphatic heterocycles. The van der Waals surface area contributed by atoms with Crippen molar-refractivity contribution < 1.29 is 4.79 Å². The molecule has 0 spiro atoms. The fourth-order valence-corrected chi connectivity index (χ4v) is 5.28. The highest BCUT2D eigenvalue weighted by molar-refractivity contribution is 6.05. The van der Waals surface area contributed by atoms with Gasteiger partial charge in [-0.2, -0.15) is 0 Å². The average molecular weight is 440 g/mol. The summed E-state index contributed by atoms with van der Waals surface area (Å²) in [6, 6.07) is 18.2. The monoisotopic (exact) mass is 439 g/mol. The quantitative estimate of drug-likeness (QED) is 0.500. The molecule has 1 saturated heterocycles. The van der Waals surface area contributed by atoms with Crippen LogP contribution in [-0.2, 0) is 7.05 Å². The zero-order valence-electron chi connectivity index (χ0n) is 18.4. The van der Waals surface area contributed by atoms with Gasteiger partial charge in [0.05, 0.1) is 5.52 Å². The van der Waals surface area contributed by atoms with E-state index in [0.717, 1.165) is 34.8 Å². The van der Waals surface area contributed by atoms with Gasteiger partial charge in [-0.3, -0.25) is 14.3 Å². The lowest BCUT2D eigenvalue weighted by molar-refractivity contribution is 0.102. The Bertz CT molecular complexity index is 1420. The Morgan fingerprint density at radius 2 is 1.94 bits per heavy atom. The summed E-state index contributed by atoms with van der Waals surface area (Å²) in [5.41, 5.74) is 5.36. The van der Waals surface area contributed by atoms with Gasteiger partial charge in [-0.05, 0) is 73.2 Å².